The van der Waals surface area contributed by atoms with E-state index in [9.17, 15) is 9.59 Å². The summed E-state index contributed by atoms with van der Waals surface area (Å²) in [6, 6.07) is 0. The normalized spacial score (nSPS) is 11.2. The first kappa shape index (κ1) is 14.0. The monoisotopic (exact) mass is 255 g/mol. The first-order valence-corrected chi connectivity index (χ1v) is 5.35. The molecule has 1 heterocycles. The first-order valence-electron chi connectivity index (χ1n) is 5.35. The van der Waals surface area contributed by atoms with Crippen LogP contribution < -0.4 is 4.90 Å². The van der Waals surface area contributed by atoms with Crippen molar-refractivity contribution in [1.29, 1.82) is 0 Å². The van der Waals surface area contributed by atoms with Crippen LogP contribution in [0.25, 0.3) is 0 Å². The van der Waals surface area contributed by atoms with Crippen LogP contribution in [0.15, 0.2) is 6.20 Å². The van der Waals surface area contributed by atoms with Gasteiger partial charge in [0.15, 0.2) is 5.69 Å². The molecule has 1 amide bonds. The Morgan fingerprint density at radius 3 is 2.44 bits per heavy atom. The van der Waals surface area contributed by atoms with E-state index in [1.54, 1.807) is 20.8 Å². The zero-order chi connectivity index (χ0) is 14.1. The topological polar surface area (TPSA) is 84.7 Å². The molecule has 0 fully saturated rings. The molecule has 1 rings (SSSR count). The van der Waals surface area contributed by atoms with Crippen LogP contribution in [0.2, 0.25) is 0 Å². The summed E-state index contributed by atoms with van der Waals surface area (Å²) < 4.78 is 6.35. The molecule has 0 aliphatic rings. The van der Waals surface area contributed by atoms with Crippen LogP contribution in [0.1, 0.15) is 31.3 Å². The molecule has 0 unspecified atom stereocenters. The van der Waals surface area contributed by atoms with Crippen molar-refractivity contribution in [3.05, 3.63) is 11.9 Å². The maximum atomic E-state index is 11.8. The van der Waals surface area contributed by atoms with Gasteiger partial charge in [0, 0.05) is 14.1 Å². The molecule has 7 heteroatoms. The van der Waals surface area contributed by atoms with E-state index in [1.165, 1.54) is 25.0 Å². The van der Waals surface area contributed by atoms with Crippen LogP contribution in [0.4, 0.5) is 10.5 Å². The number of rotatable bonds is 2. The molecule has 7 nitrogen and oxygen atoms in total. The van der Waals surface area contributed by atoms with Gasteiger partial charge in [-0.2, -0.15) is 5.10 Å². The zero-order valence-corrected chi connectivity index (χ0v) is 11.1. The molecule has 1 N–H and O–H groups in total. The molecular formula is C11H17N3O4. The Morgan fingerprint density at radius 2 is 2.00 bits per heavy atom. The molecule has 0 aliphatic heterocycles. The number of nitrogens with zero attached hydrogens (tertiary/aromatic N) is 3. The molecule has 1 aromatic heterocycles. The molecule has 18 heavy (non-hydrogen) atoms. The number of carboxylic acids is 1. The Balaban J connectivity index is 3.01. The molecule has 0 saturated heterocycles. The van der Waals surface area contributed by atoms with Crippen LogP contribution in [0.3, 0.4) is 0 Å². The average molecular weight is 255 g/mol. The van der Waals surface area contributed by atoms with E-state index >= 15 is 0 Å². The van der Waals surface area contributed by atoms with Crippen molar-refractivity contribution in [3.8, 4) is 0 Å². The first-order chi connectivity index (χ1) is 8.13. The maximum absolute atomic E-state index is 11.8. The van der Waals surface area contributed by atoms with Crippen molar-refractivity contribution in [3.63, 3.8) is 0 Å². The Labute approximate surface area is 105 Å². The largest absolute Gasteiger partial charge is 0.476 e. The van der Waals surface area contributed by atoms with E-state index in [2.05, 4.69) is 5.10 Å². The summed E-state index contributed by atoms with van der Waals surface area (Å²) >= 11 is 0. The summed E-state index contributed by atoms with van der Waals surface area (Å²) in [6.07, 6.45) is 0.686. The number of aromatic carboxylic acids is 1. The third-order valence-corrected chi connectivity index (χ3v) is 2.15. The number of ether oxygens (including phenoxy) is 1. The second-order valence-electron chi connectivity index (χ2n) is 4.85. The fraction of sp³-hybridized carbons (Fsp3) is 0.545. The van der Waals surface area contributed by atoms with Gasteiger partial charge < -0.3 is 9.84 Å². The molecule has 1 aromatic rings. The predicted molar refractivity (Wildman–Crippen MR) is 64.8 cm³/mol. The molecule has 0 aromatic carbocycles. The Hall–Kier alpha value is -2.05. The number of anilines is 1. The summed E-state index contributed by atoms with van der Waals surface area (Å²) in [4.78, 5) is 24.0. The molecule has 0 radical (unpaired) electrons. The Kier molecular flexibility index (Phi) is 3.64. The lowest BCUT2D eigenvalue weighted by molar-refractivity contribution is 0.0589. The number of aromatic nitrogens is 2. The number of amides is 1. The third kappa shape index (κ3) is 2.99. The van der Waals surface area contributed by atoms with Crippen molar-refractivity contribution in [2.24, 2.45) is 7.05 Å². The van der Waals surface area contributed by atoms with Gasteiger partial charge in [0.2, 0.25) is 0 Å². The zero-order valence-electron chi connectivity index (χ0n) is 11.1. The number of carbonyl (C=O) groups is 2. The van der Waals surface area contributed by atoms with E-state index in [0.717, 1.165) is 4.90 Å². The van der Waals surface area contributed by atoms with Crippen LogP contribution in [-0.4, -0.2) is 39.6 Å². The fourth-order valence-corrected chi connectivity index (χ4v) is 1.35. The van der Waals surface area contributed by atoms with Crippen LogP contribution in [0, 0.1) is 0 Å². The lowest BCUT2D eigenvalue weighted by Gasteiger charge is -2.24. The standard InChI is InChI=1S/C11H17N3O4/c1-11(2,3)18-10(17)13(4)7-6-12-14(5)8(7)9(15)16/h6H,1-5H3,(H,15,16). The molecule has 0 aliphatic carbocycles. The van der Waals surface area contributed by atoms with Gasteiger partial charge in [-0.3, -0.25) is 9.58 Å². The predicted octanol–water partition coefficient (Wildman–Crippen LogP) is 1.49. The van der Waals surface area contributed by atoms with Crippen molar-refractivity contribution < 1.29 is 19.4 Å². The smallest absolute Gasteiger partial charge is 0.414 e. The van der Waals surface area contributed by atoms with Crippen LogP contribution in [-0.2, 0) is 11.8 Å². The van der Waals surface area contributed by atoms with Gasteiger partial charge in [0.1, 0.15) is 5.60 Å². The van der Waals surface area contributed by atoms with Gasteiger partial charge >= 0.3 is 12.1 Å². The Bertz CT molecular complexity index is 473. The van der Waals surface area contributed by atoms with E-state index in [-0.39, 0.29) is 11.4 Å². The number of carbonyl (C=O) groups excluding carboxylic acids is 1. The Morgan fingerprint density at radius 1 is 1.44 bits per heavy atom. The van der Waals surface area contributed by atoms with Gasteiger partial charge in [-0.25, -0.2) is 9.59 Å². The molecular weight excluding hydrogens is 238 g/mol. The maximum Gasteiger partial charge on any atom is 0.414 e. The van der Waals surface area contributed by atoms with E-state index in [1.807, 2.05) is 0 Å². The van der Waals surface area contributed by atoms with Gasteiger partial charge in [-0.05, 0) is 20.8 Å². The highest BCUT2D eigenvalue weighted by molar-refractivity contribution is 5.98. The van der Waals surface area contributed by atoms with E-state index in [0.29, 0.717) is 0 Å². The van der Waals surface area contributed by atoms with E-state index < -0.39 is 17.7 Å². The minimum Gasteiger partial charge on any atom is -0.476 e. The fourth-order valence-electron chi connectivity index (χ4n) is 1.35. The number of hydrogen-bond donors (Lipinski definition) is 1. The summed E-state index contributed by atoms with van der Waals surface area (Å²) in [5, 5.41) is 12.9. The number of aryl methyl sites for hydroxylation is 1. The van der Waals surface area contributed by atoms with Gasteiger partial charge in [0.05, 0.1) is 11.9 Å². The minimum atomic E-state index is -1.15. The van der Waals surface area contributed by atoms with Gasteiger partial charge in [0.25, 0.3) is 0 Å². The summed E-state index contributed by atoms with van der Waals surface area (Å²) in [6.45, 7) is 5.21. The van der Waals surface area contributed by atoms with E-state index in [4.69, 9.17) is 9.84 Å². The SMILES string of the molecule is CN(C(=O)OC(C)(C)C)c1cnn(C)c1C(=O)O. The highest BCUT2D eigenvalue weighted by atomic mass is 16.6. The number of hydrogen-bond acceptors (Lipinski definition) is 4. The van der Waals surface area contributed by atoms with Crippen molar-refractivity contribution in [2.75, 3.05) is 11.9 Å². The molecule has 0 spiro atoms. The molecule has 100 valence electrons. The van der Waals surface area contributed by atoms with Crippen molar-refractivity contribution >= 4 is 17.7 Å². The minimum absolute atomic E-state index is 0.0663. The van der Waals surface area contributed by atoms with Gasteiger partial charge in [-0.15, -0.1) is 0 Å². The molecule has 0 atom stereocenters. The summed E-state index contributed by atoms with van der Waals surface area (Å²) in [7, 11) is 2.94. The van der Waals surface area contributed by atoms with Crippen LogP contribution in [0.5, 0.6) is 0 Å². The van der Waals surface area contributed by atoms with Crippen molar-refractivity contribution in [2.45, 2.75) is 26.4 Å². The summed E-state index contributed by atoms with van der Waals surface area (Å²) in [5.41, 5.74) is -0.515. The van der Waals surface area contributed by atoms with Crippen molar-refractivity contribution in [1.82, 2.24) is 9.78 Å². The third-order valence-electron chi connectivity index (χ3n) is 2.15. The average Bonchev–Trinajstić information content (AvgIpc) is 2.56. The highest BCUT2D eigenvalue weighted by Crippen LogP contribution is 2.20. The number of carboxylic acid groups (broad SMARTS) is 1. The second kappa shape index (κ2) is 4.67. The second-order valence-corrected chi connectivity index (χ2v) is 4.85. The van der Waals surface area contributed by atoms with Gasteiger partial charge in [-0.1, -0.05) is 0 Å². The van der Waals surface area contributed by atoms with Crippen LogP contribution >= 0.6 is 0 Å². The lowest BCUT2D eigenvalue weighted by Crippen LogP contribution is -2.34. The lowest BCUT2D eigenvalue weighted by atomic mass is 10.2. The molecule has 0 saturated carbocycles. The summed E-state index contributed by atoms with van der Waals surface area (Å²) in [5.74, 6) is -1.15. The molecule has 0 bridgehead atoms. The quantitative estimate of drug-likeness (QED) is 0.865. The highest BCUT2D eigenvalue weighted by Gasteiger charge is 2.26.